The highest BCUT2D eigenvalue weighted by Crippen LogP contribution is 2.24. The van der Waals surface area contributed by atoms with E-state index in [0.29, 0.717) is 18.7 Å². The van der Waals surface area contributed by atoms with Crippen LogP contribution in [0, 0.1) is 0 Å². The van der Waals surface area contributed by atoms with Gasteiger partial charge in [0.05, 0.1) is 12.1 Å². The molecule has 0 bridgehead atoms. The molecule has 0 saturated heterocycles. The number of nitrogens with one attached hydrogen (secondary N) is 1. The summed E-state index contributed by atoms with van der Waals surface area (Å²) in [5, 5.41) is 4.68. The molecule has 0 aliphatic rings. The van der Waals surface area contributed by atoms with E-state index >= 15 is 0 Å². The van der Waals surface area contributed by atoms with Crippen molar-refractivity contribution in [3.8, 4) is 5.75 Å². The Morgan fingerprint density at radius 1 is 1.08 bits per heavy atom. The van der Waals surface area contributed by atoms with Gasteiger partial charge < -0.3 is 14.6 Å². The van der Waals surface area contributed by atoms with Crippen LogP contribution in [0.2, 0.25) is 0 Å². The van der Waals surface area contributed by atoms with E-state index in [1.165, 1.54) is 16.7 Å². The fourth-order valence-corrected chi connectivity index (χ4v) is 2.56. The van der Waals surface area contributed by atoms with Crippen molar-refractivity contribution in [2.45, 2.75) is 6.54 Å². The summed E-state index contributed by atoms with van der Waals surface area (Å²) in [5.41, 5.74) is 0.284. The Bertz CT molecular complexity index is 926. The van der Waals surface area contributed by atoms with Crippen LogP contribution in [-0.4, -0.2) is 24.1 Å². The van der Waals surface area contributed by atoms with Crippen LogP contribution in [-0.2, 0) is 6.54 Å². The van der Waals surface area contributed by atoms with Gasteiger partial charge in [0.1, 0.15) is 12.4 Å². The Morgan fingerprint density at radius 2 is 1.88 bits per heavy atom. The van der Waals surface area contributed by atoms with Crippen LogP contribution in [0.4, 0.5) is 0 Å². The average molecular weight is 322 g/mol. The Balaban J connectivity index is 1.74. The van der Waals surface area contributed by atoms with Crippen molar-refractivity contribution in [1.82, 2.24) is 9.88 Å². The number of hydrogen-bond donors (Lipinski definition) is 1. The third-order valence-electron chi connectivity index (χ3n) is 3.81. The molecule has 0 atom stereocenters. The van der Waals surface area contributed by atoms with Crippen LogP contribution >= 0.6 is 0 Å². The average Bonchev–Trinajstić information content (AvgIpc) is 2.62. The summed E-state index contributed by atoms with van der Waals surface area (Å²) in [7, 11) is 1.56. The maximum absolute atomic E-state index is 11.9. The number of hydrogen-bond acceptors (Lipinski definition) is 3. The lowest BCUT2D eigenvalue weighted by molar-refractivity contribution is 0.0962. The van der Waals surface area contributed by atoms with Gasteiger partial charge in [0.15, 0.2) is 0 Å². The van der Waals surface area contributed by atoms with E-state index < -0.39 is 0 Å². The molecule has 0 radical (unpaired) electrons. The summed E-state index contributed by atoms with van der Waals surface area (Å²) < 4.78 is 7.33. The fraction of sp³-hybridized carbons (Fsp3) is 0.158. The summed E-state index contributed by atoms with van der Waals surface area (Å²) in [6.07, 6.45) is 1.55. The van der Waals surface area contributed by atoms with Gasteiger partial charge in [0, 0.05) is 24.7 Å². The van der Waals surface area contributed by atoms with E-state index in [1.807, 2.05) is 42.5 Å². The van der Waals surface area contributed by atoms with E-state index in [9.17, 15) is 9.59 Å². The predicted molar refractivity (Wildman–Crippen MR) is 93.5 cm³/mol. The highest BCUT2D eigenvalue weighted by Gasteiger charge is 2.06. The van der Waals surface area contributed by atoms with Gasteiger partial charge in [-0.15, -0.1) is 0 Å². The van der Waals surface area contributed by atoms with E-state index in [0.717, 1.165) is 16.5 Å². The molecular weight excluding hydrogens is 304 g/mol. The molecule has 122 valence electrons. The van der Waals surface area contributed by atoms with Crippen molar-refractivity contribution in [2.24, 2.45) is 0 Å². The third-order valence-corrected chi connectivity index (χ3v) is 3.81. The standard InChI is InChI=1S/C19H18N2O3/c1-20-19(23)15-9-10-18(22)21(13-15)11-12-24-17-8-4-6-14-5-2-3-7-16(14)17/h2-10,13H,11-12H2,1H3,(H,20,23). The van der Waals surface area contributed by atoms with Gasteiger partial charge in [0.25, 0.3) is 11.5 Å². The fourth-order valence-electron chi connectivity index (χ4n) is 2.56. The SMILES string of the molecule is CNC(=O)c1ccc(=O)n(CCOc2cccc3ccccc23)c1. The molecule has 24 heavy (non-hydrogen) atoms. The summed E-state index contributed by atoms with van der Waals surface area (Å²) in [6.45, 7) is 0.706. The lowest BCUT2D eigenvalue weighted by atomic mass is 10.1. The van der Waals surface area contributed by atoms with Crippen molar-refractivity contribution in [3.05, 3.63) is 76.7 Å². The summed E-state index contributed by atoms with van der Waals surface area (Å²) in [6, 6.07) is 16.8. The van der Waals surface area contributed by atoms with Gasteiger partial charge in [0.2, 0.25) is 0 Å². The van der Waals surface area contributed by atoms with Gasteiger partial charge in [-0.25, -0.2) is 0 Å². The predicted octanol–water partition coefficient (Wildman–Crippen LogP) is 2.44. The lowest BCUT2D eigenvalue weighted by Crippen LogP contribution is -2.25. The minimum absolute atomic E-state index is 0.163. The number of ether oxygens (including phenoxy) is 1. The third kappa shape index (κ3) is 3.30. The maximum atomic E-state index is 11.9. The second-order valence-electron chi connectivity index (χ2n) is 5.35. The maximum Gasteiger partial charge on any atom is 0.252 e. The van der Waals surface area contributed by atoms with Crippen molar-refractivity contribution in [3.63, 3.8) is 0 Å². The van der Waals surface area contributed by atoms with Crippen LogP contribution in [0.5, 0.6) is 5.75 Å². The number of rotatable bonds is 5. The first kappa shape index (κ1) is 15.8. The Hall–Kier alpha value is -3.08. The highest BCUT2D eigenvalue weighted by molar-refractivity contribution is 5.93. The van der Waals surface area contributed by atoms with Crippen molar-refractivity contribution in [2.75, 3.05) is 13.7 Å². The van der Waals surface area contributed by atoms with E-state index in [2.05, 4.69) is 5.32 Å². The molecule has 0 saturated carbocycles. The minimum Gasteiger partial charge on any atom is -0.491 e. The molecule has 1 N–H and O–H groups in total. The van der Waals surface area contributed by atoms with Gasteiger partial charge in [-0.2, -0.15) is 0 Å². The number of aromatic nitrogens is 1. The Labute approximate surface area is 139 Å². The zero-order chi connectivity index (χ0) is 16.9. The second kappa shape index (κ2) is 7.00. The first-order valence-corrected chi connectivity index (χ1v) is 7.72. The summed E-state index contributed by atoms with van der Waals surface area (Å²) in [4.78, 5) is 23.6. The molecule has 0 aliphatic carbocycles. The lowest BCUT2D eigenvalue weighted by Gasteiger charge is -2.11. The van der Waals surface area contributed by atoms with Crippen LogP contribution in [0.3, 0.4) is 0 Å². The van der Waals surface area contributed by atoms with E-state index in [-0.39, 0.29) is 11.5 Å². The molecule has 3 aromatic rings. The largest absolute Gasteiger partial charge is 0.491 e. The molecule has 5 nitrogen and oxygen atoms in total. The molecule has 0 spiro atoms. The van der Waals surface area contributed by atoms with Gasteiger partial charge in [-0.1, -0.05) is 36.4 Å². The van der Waals surface area contributed by atoms with Crippen LogP contribution in [0.1, 0.15) is 10.4 Å². The monoisotopic (exact) mass is 322 g/mol. The van der Waals surface area contributed by atoms with Crippen molar-refractivity contribution < 1.29 is 9.53 Å². The van der Waals surface area contributed by atoms with Gasteiger partial charge >= 0.3 is 0 Å². The zero-order valence-corrected chi connectivity index (χ0v) is 13.4. The number of benzene rings is 2. The zero-order valence-electron chi connectivity index (χ0n) is 13.4. The number of pyridine rings is 1. The molecule has 0 aliphatic heterocycles. The number of carbonyl (C=O) groups is 1. The molecule has 1 aromatic heterocycles. The quantitative estimate of drug-likeness (QED) is 0.785. The minimum atomic E-state index is -0.223. The van der Waals surface area contributed by atoms with Crippen molar-refractivity contribution >= 4 is 16.7 Å². The molecule has 5 heteroatoms. The Morgan fingerprint density at radius 3 is 2.71 bits per heavy atom. The first-order valence-electron chi connectivity index (χ1n) is 7.72. The topological polar surface area (TPSA) is 60.3 Å². The van der Waals surface area contributed by atoms with Crippen LogP contribution < -0.4 is 15.6 Å². The van der Waals surface area contributed by atoms with E-state index in [4.69, 9.17) is 4.74 Å². The second-order valence-corrected chi connectivity index (χ2v) is 5.35. The first-order chi connectivity index (χ1) is 11.7. The molecule has 2 aromatic carbocycles. The smallest absolute Gasteiger partial charge is 0.252 e. The summed E-state index contributed by atoms with van der Waals surface area (Å²) >= 11 is 0. The number of carbonyl (C=O) groups excluding carboxylic acids is 1. The number of amides is 1. The van der Waals surface area contributed by atoms with Gasteiger partial charge in [-0.3, -0.25) is 9.59 Å². The van der Waals surface area contributed by atoms with Gasteiger partial charge in [-0.05, 0) is 17.5 Å². The normalized spacial score (nSPS) is 10.5. The molecule has 0 unspecified atom stereocenters. The highest BCUT2D eigenvalue weighted by atomic mass is 16.5. The number of nitrogens with zero attached hydrogens (tertiary/aromatic N) is 1. The van der Waals surface area contributed by atoms with Crippen LogP contribution in [0.25, 0.3) is 10.8 Å². The number of fused-ring (bicyclic) bond motifs is 1. The summed E-state index contributed by atoms with van der Waals surface area (Å²) in [5.74, 6) is 0.558. The molecule has 1 amide bonds. The molecule has 0 fully saturated rings. The Kier molecular flexibility index (Phi) is 4.61. The molecule has 1 heterocycles. The van der Waals surface area contributed by atoms with Crippen molar-refractivity contribution in [1.29, 1.82) is 0 Å². The van der Waals surface area contributed by atoms with Crippen LogP contribution in [0.15, 0.2) is 65.6 Å². The molecule has 3 rings (SSSR count). The van der Waals surface area contributed by atoms with E-state index in [1.54, 1.807) is 13.2 Å². The molecular formula is C19H18N2O3.